The Hall–Kier alpha value is -0.950. The van der Waals surface area contributed by atoms with Gasteiger partial charge in [-0.2, -0.15) is 0 Å². The molecule has 0 aromatic rings. The molecule has 0 fully saturated rings. The second kappa shape index (κ2) is 39.7. The summed E-state index contributed by atoms with van der Waals surface area (Å²) in [5, 5.41) is 0. The standard InChI is InChI=1S/C43H85O8P/c1-3-5-7-9-11-13-15-17-18-19-20-21-22-23-24-26-27-29-31-33-35-37-42(44)49-39-41(40-50-52(46,47)48)51-43(45)38-36-34-32-30-28-25-16-14-12-10-8-6-4-2/h41H,3-40H2,1-2H3,(H2,46,47,48)/t41-/m1/s1. The quantitative estimate of drug-likeness (QED) is 0.0358. The maximum Gasteiger partial charge on any atom is 0.469 e. The van der Waals surface area contributed by atoms with Gasteiger partial charge in [0.1, 0.15) is 6.61 Å². The first-order valence-corrected chi connectivity index (χ1v) is 23.9. The first-order chi connectivity index (χ1) is 25.3. The number of hydrogen-bond donors (Lipinski definition) is 2. The van der Waals surface area contributed by atoms with Crippen LogP contribution in [0.5, 0.6) is 0 Å². The van der Waals surface area contributed by atoms with Gasteiger partial charge in [0.15, 0.2) is 6.10 Å². The van der Waals surface area contributed by atoms with Crippen LogP contribution in [0.2, 0.25) is 0 Å². The summed E-state index contributed by atoms with van der Waals surface area (Å²) in [5.41, 5.74) is 0. The fraction of sp³-hybridized carbons (Fsp3) is 0.953. The number of phosphoric ester groups is 1. The van der Waals surface area contributed by atoms with Gasteiger partial charge in [-0.3, -0.25) is 14.1 Å². The van der Waals surface area contributed by atoms with Gasteiger partial charge in [0.2, 0.25) is 0 Å². The van der Waals surface area contributed by atoms with Gasteiger partial charge in [0.05, 0.1) is 6.61 Å². The molecule has 0 aliphatic carbocycles. The van der Waals surface area contributed by atoms with Crippen LogP contribution in [0.4, 0.5) is 0 Å². The van der Waals surface area contributed by atoms with Gasteiger partial charge in [-0.05, 0) is 12.8 Å². The lowest BCUT2D eigenvalue weighted by atomic mass is 10.0. The molecular formula is C43H85O8P. The first kappa shape index (κ1) is 51.0. The van der Waals surface area contributed by atoms with E-state index in [1.165, 1.54) is 180 Å². The van der Waals surface area contributed by atoms with Crippen LogP contribution < -0.4 is 0 Å². The van der Waals surface area contributed by atoms with Gasteiger partial charge in [0.25, 0.3) is 0 Å². The largest absolute Gasteiger partial charge is 0.469 e. The van der Waals surface area contributed by atoms with Gasteiger partial charge in [-0.1, -0.05) is 219 Å². The molecule has 2 N–H and O–H groups in total. The molecule has 0 spiro atoms. The lowest BCUT2D eigenvalue weighted by molar-refractivity contribution is -0.161. The van der Waals surface area contributed by atoms with Crippen molar-refractivity contribution in [2.45, 2.75) is 251 Å². The number of ether oxygens (including phenoxy) is 2. The Morgan fingerprint density at radius 1 is 0.423 bits per heavy atom. The molecule has 0 aliphatic heterocycles. The monoisotopic (exact) mass is 761 g/mol. The fourth-order valence-electron chi connectivity index (χ4n) is 6.79. The predicted octanol–water partition coefficient (Wildman–Crippen LogP) is 13.6. The first-order valence-electron chi connectivity index (χ1n) is 22.3. The molecule has 0 saturated heterocycles. The summed E-state index contributed by atoms with van der Waals surface area (Å²) in [6.45, 7) is 3.72. The summed E-state index contributed by atoms with van der Waals surface area (Å²) in [4.78, 5) is 42.9. The highest BCUT2D eigenvalue weighted by Crippen LogP contribution is 2.36. The molecule has 52 heavy (non-hydrogen) atoms. The summed E-state index contributed by atoms with van der Waals surface area (Å²) in [6, 6.07) is 0. The zero-order valence-corrected chi connectivity index (χ0v) is 35.1. The van der Waals surface area contributed by atoms with Crippen molar-refractivity contribution in [3.8, 4) is 0 Å². The van der Waals surface area contributed by atoms with Crippen molar-refractivity contribution in [2.24, 2.45) is 0 Å². The Morgan fingerprint density at radius 3 is 0.981 bits per heavy atom. The van der Waals surface area contributed by atoms with Crippen molar-refractivity contribution in [1.29, 1.82) is 0 Å². The molecule has 8 nitrogen and oxygen atoms in total. The summed E-state index contributed by atoms with van der Waals surface area (Å²) < 4.78 is 26.4. The molecule has 310 valence electrons. The Labute approximate surface area is 321 Å². The van der Waals surface area contributed by atoms with Crippen LogP contribution in [0.1, 0.15) is 245 Å². The SMILES string of the molecule is CCCCCCCCCCCCCCCCCCCCCCCC(=O)OC[C@H](COP(=O)(O)O)OC(=O)CCCCCCCCCCCCCCC. The molecule has 9 heteroatoms. The topological polar surface area (TPSA) is 119 Å². The van der Waals surface area contributed by atoms with E-state index in [9.17, 15) is 14.2 Å². The zero-order chi connectivity index (χ0) is 38.2. The number of carbonyl (C=O) groups excluding carboxylic acids is 2. The third kappa shape index (κ3) is 41.8. The highest BCUT2D eigenvalue weighted by atomic mass is 31.2. The maximum atomic E-state index is 12.4. The van der Waals surface area contributed by atoms with Gasteiger partial charge in [-0.15, -0.1) is 0 Å². The Balaban J connectivity index is 3.78. The molecule has 1 atom stereocenters. The Morgan fingerprint density at radius 2 is 0.692 bits per heavy atom. The summed E-state index contributed by atoms with van der Waals surface area (Å²) in [6.07, 6.45) is 42.6. The zero-order valence-electron chi connectivity index (χ0n) is 34.2. The number of phosphoric acid groups is 1. The van der Waals surface area contributed by atoms with Crippen LogP contribution in [0, 0.1) is 0 Å². The van der Waals surface area contributed by atoms with Crippen molar-refractivity contribution in [2.75, 3.05) is 13.2 Å². The normalized spacial score (nSPS) is 12.3. The molecule has 0 aliphatic rings. The Kier molecular flexibility index (Phi) is 39.0. The molecular weight excluding hydrogens is 675 g/mol. The molecule has 0 aromatic heterocycles. The lowest BCUT2D eigenvalue weighted by Gasteiger charge is -2.18. The molecule has 0 unspecified atom stereocenters. The van der Waals surface area contributed by atoms with Crippen molar-refractivity contribution in [3.05, 3.63) is 0 Å². The second-order valence-electron chi connectivity index (χ2n) is 15.4. The minimum Gasteiger partial charge on any atom is -0.462 e. The number of carbonyl (C=O) groups is 2. The van der Waals surface area contributed by atoms with E-state index in [0.717, 1.165) is 32.1 Å². The minimum absolute atomic E-state index is 0.220. The highest BCUT2D eigenvalue weighted by Gasteiger charge is 2.23. The molecule has 0 amide bonds. The van der Waals surface area contributed by atoms with Gasteiger partial charge >= 0.3 is 19.8 Å². The summed E-state index contributed by atoms with van der Waals surface area (Å²) >= 11 is 0. The molecule has 0 aromatic carbocycles. The van der Waals surface area contributed by atoms with E-state index in [0.29, 0.717) is 6.42 Å². The van der Waals surface area contributed by atoms with Crippen LogP contribution in [-0.4, -0.2) is 41.0 Å². The minimum atomic E-state index is -4.74. The van der Waals surface area contributed by atoms with Crippen LogP contribution >= 0.6 is 7.82 Å². The van der Waals surface area contributed by atoms with Crippen LogP contribution in [-0.2, 0) is 28.2 Å². The fourth-order valence-corrected chi connectivity index (χ4v) is 7.15. The van der Waals surface area contributed by atoms with Gasteiger partial charge in [0, 0.05) is 12.8 Å². The average Bonchev–Trinajstić information content (AvgIpc) is 3.11. The number of rotatable bonds is 42. The van der Waals surface area contributed by atoms with Gasteiger partial charge in [-0.25, -0.2) is 4.57 Å². The van der Waals surface area contributed by atoms with E-state index < -0.39 is 32.5 Å². The third-order valence-electron chi connectivity index (χ3n) is 10.1. The maximum absolute atomic E-state index is 12.4. The van der Waals surface area contributed by atoms with Crippen molar-refractivity contribution in [1.82, 2.24) is 0 Å². The van der Waals surface area contributed by atoms with E-state index >= 15 is 0 Å². The predicted molar refractivity (Wildman–Crippen MR) is 216 cm³/mol. The van der Waals surface area contributed by atoms with E-state index in [1.807, 2.05) is 0 Å². The third-order valence-corrected chi connectivity index (χ3v) is 10.6. The second-order valence-corrected chi connectivity index (χ2v) is 16.6. The number of esters is 2. The smallest absolute Gasteiger partial charge is 0.462 e. The summed E-state index contributed by atoms with van der Waals surface area (Å²) in [7, 11) is -4.74. The Bertz CT molecular complexity index is 817. The van der Waals surface area contributed by atoms with Gasteiger partial charge < -0.3 is 19.3 Å². The average molecular weight is 761 g/mol. The van der Waals surface area contributed by atoms with E-state index in [2.05, 4.69) is 18.4 Å². The van der Waals surface area contributed by atoms with E-state index in [-0.39, 0.29) is 19.4 Å². The van der Waals surface area contributed by atoms with Crippen molar-refractivity contribution >= 4 is 19.8 Å². The van der Waals surface area contributed by atoms with Crippen LogP contribution in [0.15, 0.2) is 0 Å². The van der Waals surface area contributed by atoms with E-state index in [1.54, 1.807) is 0 Å². The molecule has 0 saturated carbocycles. The van der Waals surface area contributed by atoms with Crippen molar-refractivity contribution < 1.29 is 37.9 Å². The lowest BCUT2D eigenvalue weighted by Crippen LogP contribution is -2.29. The van der Waals surface area contributed by atoms with E-state index in [4.69, 9.17) is 19.3 Å². The van der Waals surface area contributed by atoms with Crippen LogP contribution in [0.25, 0.3) is 0 Å². The summed E-state index contributed by atoms with van der Waals surface area (Å²) in [5.74, 6) is -0.866. The number of hydrogen-bond acceptors (Lipinski definition) is 6. The van der Waals surface area contributed by atoms with Crippen LogP contribution in [0.3, 0.4) is 0 Å². The molecule has 0 bridgehead atoms. The van der Waals surface area contributed by atoms with Crippen molar-refractivity contribution in [3.63, 3.8) is 0 Å². The highest BCUT2D eigenvalue weighted by molar-refractivity contribution is 7.46. The number of unbranched alkanes of at least 4 members (excludes halogenated alkanes) is 32. The molecule has 0 radical (unpaired) electrons. The molecule has 0 rings (SSSR count). The molecule has 0 heterocycles.